The van der Waals surface area contributed by atoms with Crippen LogP contribution in [0.1, 0.15) is 42.4 Å². The number of aromatic nitrogens is 2. The van der Waals surface area contributed by atoms with E-state index >= 15 is 0 Å². The molecule has 122 valence electrons. The summed E-state index contributed by atoms with van der Waals surface area (Å²) in [7, 11) is 0. The highest BCUT2D eigenvalue weighted by molar-refractivity contribution is 5.95. The molecule has 1 amide bonds. The number of H-pyrrole nitrogens is 1. The van der Waals surface area contributed by atoms with Crippen molar-refractivity contribution in [1.82, 2.24) is 9.97 Å². The van der Waals surface area contributed by atoms with Gasteiger partial charge >= 0.3 is 12.1 Å². The lowest BCUT2D eigenvalue weighted by atomic mass is 10.1. The lowest BCUT2D eigenvalue weighted by Gasteiger charge is -2.20. The van der Waals surface area contributed by atoms with Crippen LogP contribution in [0.25, 0.3) is 11.0 Å². The normalized spacial score (nSPS) is 13.9. The Morgan fingerprint density at radius 1 is 1.35 bits per heavy atom. The van der Waals surface area contributed by atoms with Gasteiger partial charge in [0.25, 0.3) is 0 Å². The number of carboxylic acid groups (broad SMARTS) is 1. The van der Waals surface area contributed by atoms with Gasteiger partial charge in [0, 0.05) is 11.1 Å². The number of nitrogens with one attached hydrogen (secondary N) is 2. The second kappa shape index (κ2) is 5.24. The van der Waals surface area contributed by atoms with Crippen molar-refractivity contribution in [2.24, 2.45) is 0 Å². The lowest BCUT2D eigenvalue weighted by Crippen LogP contribution is -2.27. The molecule has 0 saturated heterocycles. The minimum Gasteiger partial charge on any atom is -0.477 e. The maximum absolute atomic E-state index is 12.0. The average Bonchev–Trinajstić information content (AvgIpc) is 3.01. The molecule has 1 aliphatic rings. The molecule has 0 atom stereocenters. The summed E-state index contributed by atoms with van der Waals surface area (Å²) in [5, 5.41) is 11.7. The van der Waals surface area contributed by atoms with Gasteiger partial charge in [0.2, 0.25) is 0 Å². The van der Waals surface area contributed by atoms with Crippen LogP contribution in [0.4, 0.5) is 10.6 Å². The Morgan fingerprint density at radius 3 is 2.70 bits per heavy atom. The third-order valence-corrected chi connectivity index (χ3v) is 3.32. The van der Waals surface area contributed by atoms with Crippen LogP contribution >= 0.6 is 0 Å². The van der Waals surface area contributed by atoms with Crippen LogP contribution in [0, 0.1) is 0 Å². The number of pyridine rings is 1. The van der Waals surface area contributed by atoms with Crippen molar-refractivity contribution < 1.29 is 24.2 Å². The van der Waals surface area contributed by atoms with Gasteiger partial charge in [-0.2, -0.15) is 0 Å². The number of aromatic amines is 1. The predicted molar refractivity (Wildman–Crippen MR) is 81.4 cm³/mol. The zero-order valence-corrected chi connectivity index (χ0v) is 13.0. The minimum absolute atomic E-state index is 0.0380. The Kier molecular flexibility index (Phi) is 3.48. The number of carboxylic acids is 1. The number of anilines is 1. The largest absolute Gasteiger partial charge is 0.477 e. The zero-order valence-electron chi connectivity index (χ0n) is 13.0. The van der Waals surface area contributed by atoms with Gasteiger partial charge in [-0.1, -0.05) is 0 Å². The number of ether oxygens (including phenoxy) is 2. The summed E-state index contributed by atoms with van der Waals surface area (Å²) in [5.74, 6) is -0.743. The van der Waals surface area contributed by atoms with E-state index in [0.29, 0.717) is 30.1 Å². The molecule has 2 aromatic rings. The van der Waals surface area contributed by atoms with Crippen LogP contribution in [0.3, 0.4) is 0 Å². The summed E-state index contributed by atoms with van der Waals surface area (Å²) < 4.78 is 10.6. The number of amides is 1. The van der Waals surface area contributed by atoms with Crippen molar-refractivity contribution in [1.29, 1.82) is 0 Å². The van der Waals surface area contributed by atoms with Crippen LogP contribution in [0.15, 0.2) is 6.07 Å². The second-order valence-electron chi connectivity index (χ2n) is 6.29. The third-order valence-electron chi connectivity index (χ3n) is 3.32. The molecular formula is C15H17N3O5. The number of nitrogens with zero attached hydrogens (tertiary/aromatic N) is 1. The molecule has 8 nitrogen and oxygen atoms in total. The Balaban J connectivity index is 2.01. The summed E-state index contributed by atoms with van der Waals surface area (Å²) in [4.78, 5) is 30.2. The van der Waals surface area contributed by atoms with E-state index in [-0.39, 0.29) is 5.69 Å². The Morgan fingerprint density at radius 2 is 2.04 bits per heavy atom. The summed E-state index contributed by atoms with van der Waals surface area (Å²) in [6.07, 6.45) is -0.618. The van der Waals surface area contributed by atoms with Crippen molar-refractivity contribution in [2.45, 2.75) is 39.6 Å². The van der Waals surface area contributed by atoms with Gasteiger partial charge in [-0.05, 0) is 26.8 Å². The number of hydrogen-bond donors (Lipinski definition) is 3. The molecule has 0 spiro atoms. The van der Waals surface area contributed by atoms with Crippen LogP contribution < -0.4 is 5.32 Å². The quantitative estimate of drug-likeness (QED) is 0.784. The molecule has 3 rings (SSSR count). The number of hydrogen-bond acceptors (Lipinski definition) is 5. The number of fused-ring (bicyclic) bond motifs is 3. The third kappa shape index (κ3) is 2.98. The highest BCUT2D eigenvalue weighted by atomic mass is 16.6. The first kappa shape index (κ1) is 15.3. The number of carbonyl (C=O) groups excluding carboxylic acids is 1. The fourth-order valence-electron chi connectivity index (χ4n) is 2.43. The first-order chi connectivity index (χ1) is 10.7. The standard InChI is InChI=1S/C15H17N3O5/c1-15(2,3)23-14(21)18-12-8-6-22-5-7(8)11-9(17-12)4-10(16-11)13(19)20/h4,16H,5-6H2,1-3H3,(H,19,20)(H,17,18,21). The molecule has 3 heterocycles. The summed E-state index contributed by atoms with van der Waals surface area (Å²) in [6.45, 7) is 5.92. The second-order valence-corrected chi connectivity index (χ2v) is 6.29. The van der Waals surface area contributed by atoms with Gasteiger partial charge in [-0.3, -0.25) is 5.32 Å². The average molecular weight is 319 g/mol. The molecule has 1 aliphatic heterocycles. The maximum atomic E-state index is 12.0. The monoisotopic (exact) mass is 319 g/mol. The first-order valence-corrected chi connectivity index (χ1v) is 7.10. The molecule has 0 aliphatic carbocycles. The molecule has 0 saturated carbocycles. The molecule has 2 aromatic heterocycles. The number of aromatic carboxylic acids is 1. The van der Waals surface area contributed by atoms with Crippen molar-refractivity contribution in [2.75, 3.05) is 5.32 Å². The molecule has 0 radical (unpaired) electrons. The molecule has 0 fully saturated rings. The van der Waals surface area contributed by atoms with Gasteiger partial charge in [0.05, 0.1) is 24.2 Å². The van der Waals surface area contributed by atoms with E-state index in [9.17, 15) is 9.59 Å². The SMILES string of the molecule is CC(C)(C)OC(=O)Nc1nc2cc(C(=O)O)[nH]c2c2c1COC2. The highest BCUT2D eigenvalue weighted by Gasteiger charge is 2.25. The van der Waals surface area contributed by atoms with Crippen LogP contribution in [0.5, 0.6) is 0 Å². The van der Waals surface area contributed by atoms with Crippen molar-refractivity contribution in [3.63, 3.8) is 0 Å². The van der Waals surface area contributed by atoms with E-state index < -0.39 is 17.7 Å². The van der Waals surface area contributed by atoms with E-state index in [0.717, 1.165) is 11.1 Å². The molecule has 23 heavy (non-hydrogen) atoms. The van der Waals surface area contributed by atoms with Crippen molar-refractivity contribution in [3.8, 4) is 0 Å². The molecule has 0 bridgehead atoms. The summed E-state index contributed by atoms with van der Waals surface area (Å²) >= 11 is 0. The van der Waals surface area contributed by atoms with E-state index in [1.807, 2.05) is 0 Å². The van der Waals surface area contributed by atoms with Gasteiger partial charge in [-0.15, -0.1) is 0 Å². The van der Waals surface area contributed by atoms with Gasteiger partial charge in [0.15, 0.2) is 0 Å². The highest BCUT2D eigenvalue weighted by Crippen LogP contribution is 2.32. The number of carbonyl (C=O) groups is 2. The van der Waals surface area contributed by atoms with Crippen LogP contribution in [0.2, 0.25) is 0 Å². The predicted octanol–water partition coefficient (Wildman–Crippen LogP) is 2.64. The number of rotatable bonds is 2. The fraction of sp³-hybridized carbons (Fsp3) is 0.400. The van der Waals surface area contributed by atoms with E-state index in [1.165, 1.54) is 6.07 Å². The van der Waals surface area contributed by atoms with Crippen LogP contribution in [-0.4, -0.2) is 32.7 Å². The maximum Gasteiger partial charge on any atom is 0.413 e. The van der Waals surface area contributed by atoms with Gasteiger partial charge < -0.3 is 19.6 Å². The summed E-state index contributed by atoms with van der Waals surface area (Å²) in [6, 6.07) is 1.43. The summed E-state index contributed by atoms with van der Waals surface area (Å²) in [5.41, 5.74) is 2.01. The van der Waals surface area contributed by atoms with E-state index in [4.69, 9.17) is 14.6 Å². The Hall–Kier alpha value is -2.61. The smallest absolute Gasteiger partial charge is 0.413 e. The minimum atomic E-state index is -1.07. The molecule has 3 N–H and O–H groups in total. The topological polar surface area (TPSA) is 114 Å². The molecule has 0 unspecified atom stereocenters. The molecule has 8 heteroatoms. The van der Waals surface area contributed by atoms with E-state index in [2.05, 4.69) is 15.3 Å². The first-order valence-electron chi connectivity index (χ1n) is 7.10. The Bertz CT molecular complexity index is 804. The van der Waals surface area contributed by atoms with Gasteiger partial charge in [-0.25, -0.2) is 14.6 Å². The fourth-order valence-corrected chi connectivity index (χ4v) is 2.43. The van der Waals surface area contributed by atoms with Gasteiger partial charge in [0.1, 0.15) is 17.1 Å². The van der Waals surface area contributed by atoms with E-state index in [1.54, 1.807) is 20.8 Å². The lowest BCUT2D eigenvalue weighted by molar-refractivity contribution is 0.0633. The van der Waals surface area contributed by atoms with Crippen LogP contribution in [-0.2, 0) is 22.7 Å². The molecular weight excluding hydrogens is 302 g/mol. The molecule has 0 aromatic carbocycles. The van der Waals surface area contributed by atoms with Crippen molar-refractivity contribution >= 4 is 28.9 Å². The van der Waals surface area contributed by atoms with Crippen molar-refractivity contribution in [3.05, 3.63) is 22.9 Å². The zero-order chi connectivity index (χ0) is 16.8. The Labute approximate surface area is 131 Å².